The van der Waals surface area contributed by atoms with Crippen molar-refractivity contribution in [2.24, 2.45) is 10.8 Å². The Morgan fingerprint density at radius 2 is 2.15 bits per heavy atom. The number of ether oxygens (including phenoxy) is 1. The van der Waals surface area contributed by atoms with Gasteiger partial charge in [0.25, 0.3) is 0 Å². The summed E-state index contributed by atoms with van der Waals surface area (Å²) in [7, 11) is 0. The van der Waals surface area contributed by atoms with Gasteiger partial charge >= 0.3 is 5.97 Å². The van der Waals surface area contributed by atoms with Gasteiger partial charge in [-0.1, -0.05) is 53.6 Å². The molecular formula is C17H25BrO2. The number of carbonyl (C=O) groups is 1. The SMILES string of the molecule is C=C1C[C@H](OC(C)=O)[C@@H](Br)C(C)(C)[C@@]12CC=C(C)CC2. The van der Waals surface area contributed by atoms with Crippen molar-refractivity contribution in [3.63, 3.8) is 0 Å². The maximum absolute atomic E-state index is 11.3. The Morgan fingerprint density at radius 3 is 2.65 bits per heavy atom. The first kappa shape index (κ1) is 15.8. The first-order valence-corrected chi connectivity index (χ1v) is 8.27. The van der Waals surface area contributed by atoms with Crippen molar-refractivity contribution in [3.05, 3.63) is 23.8 Å². The topological polar surface area (TPSA) is 26.3 Å². The third-order valence-corrected chi connectivity index (χ3v) is 7.17. The van der Waals surface area contributed by atoms with Crippen LogP contribution in [0, 0.1) is 10.8 Å². The Labute approximate surface area is 130 Å². The van der Waals surface area contributed by atoms with Crippen LogP contribution in [0.4, 0.5) is 0 Å². The highest BCUT2D eigenvalue weighted by Crippen LogP contribution is 2.61. The van der Waals surface area contributed by atoms with E-state index in [0.29, 0.717) is 0 Å². The average Bonchev–Trinajstić information content (AvgIpc) is 2.35. The molecule has 20 heavy (non-hydrogen) atoms. The lowest BCUT2D eigenvalue weighted by molar-refractivity contribution is -0.150. The van der Waals surface area contributed by atoms with Crippen LogP contribution in [0.15, 0.2) is 23.8 Å². The second-order valence-electron chi connectivity index (χ2n) is 6.92. The highest BCUT2D eigenvalue weighted by Gasteiger charge is 2.56. The molecule has 0 amide bonds. The molecule has 0 heterocycles. The molecule has 1 spiro atoms. The monoisotopic (exact) mass is 340 g/mol. The third-order valence-electron chi connectivity index (χ3n) is 5.44. The van der Waals surface area contributed by atoms with Gasteiger partial charge in [0.15, 0.2) is 0 Å². The molecule has 3 atom stereocenters. The summed E-state index contributed by atoms with van der Waals surface area (Å²) in [6, 6.07) is 0. The van der Waals surface area contributed by atoms with Gasteiger partial charge in [-0.3, -0.25) is 4.79 Å². The van der Waals surface area contributed by atoms with Crippen LogP contribution >= 0.6 is 15.9 Å². The number of rotatable bonds is 1. The maximum Gasteiger partial charge on any atom is 0.302 e. The Bertz CT molecular complexity index is 464. The molecule has 1 saturated carbocycles. The second kappa shape index (κ2) is 5.32. The van der Waals surface area contributed by atoms with Gasteiger partial charge in [-0.15, -0.1) is 0 Å². The quantitative estimate of drug-likeness (QED) is 0.390. The zero-order chi connectivity index (χ0) is 15.1. The molecule has 1 fully saturated rings. The number of esters is 1. The number of hydrogen-bond acceptors (Lipinski definition) is 2. The van der Waals surface area contributed by atoms with Crippen LogP contribution in [0.5, 0.6) is 0 Å². The Balaban J connectivity index is 2.33. The molecule has 2 nitrogen and oxygen atoms in total. The van der Waals surface area contributed by atoms with E-state index in [1.807, 2.05) is 0 Å². The summed E-state index contributed by atoms with van der Waals surface area (Å²) in [5.74, 6) is -0.210. The summed E-state index contributed by atoms with van der Waals surface area (Å²) in [5.41, 5.74) is 2.86. The van der Waals surface area contributed by atoms with E-state index in [9.17, 15) is 4.79 Å². The molecule has 112 valence electrons. The molecule has 0 radical (unpaired) electrons. The lowest BCUT2D eigenvalue weighted by Crippen LogP contribution is -2.55. The lowest BCUT2D eigenvalue weighted by Gasteiger charge is -2.57. The molecule has 0 unspecified atom stereocenters. The Morgan fingerprint density at radius 1 is 1.50 bits per heavy atom. The number of alkyl halides is 1. The first-order chi connectivity index (χ1) is 9.20. The van der Waals surface area contributed by atoms with Gasteiger partial charge in [0.05, 0.1) is 4.83 Å². The molecule has 0 aromatic heterocycles. The minimum absolute atomic E-state index is 0.0135. The summed E-state index contributed by atoms with van der Waals surface area (Å²) in [5, 5.41) is 0. The van der Waals surface area contributed by atoms with E-state index in [1.54, 1.807) is 0 Å². The normalized spacial score (nSPS) is 36.6. The smallest absolute Gasteiger partial charge is 0.302 e. The van der Waals surface area contributed by atoms with Crippen molar-refractivity contribution in [2.45, 2.75) is 64.3 Å². The second-order valence-corrected chi connectivity index (χ2v) is 7.90. The van der Waals surface area contributed by atoms with Crippen LogP contribution in [0.3, 0.4) is 0 Å². The number of hydrogen-bond donors (Lipinski definition) is 0. The predicted octanol–water partition coefficient (Wildman–Crippen LogP) is 4.78. The van der Waals surface area contributed by atoms with Gasteiger partial charge in [-0.2, -0.15) is 0 Å². The van der Waals surface area contributed by atoms with Crippen LogP contribution in [0.2, 0.25) is 0 Å². The molecule has 0 saturated heterocycles. The van der Waals surface area contributed by atoms with Crippen molar-refractivity contribution >= 4 is 21.9 Å². The lowest BCUT2D eigenvalue weighted by atomic mass is 9.50. The van der Waals surface area contributed by atoms with Gasteiger partial charge in [0.1, 0.15) is 6.10 Å². The summed E-state index contributed by atoms with van der Waals surface area (Å²) < 4.78 is 5.50. The van der Waals surface area contributed by atoms with Gasteiger partial charge in [-0.25, -0.2) is 0 Å². The van der Waals surface area contributed by atoms with E-state index in [0.717, 1.165) is 25.7 Å². The Kier molecular flexibility index (Phi) is 4.21. The zero-order valence-electron chi connectivity index (χ0n) is 13.0. The van der Waals surface area contributed by atoms with Gasteiger partial charge in [0.2, 0.25) is 0 Å². The van der Waals surface area contributed by atoms with Crippen molar-refractivity contribution in [1.29, 1.82) is 0 Å². The van der Waals surface area contributed by atoms with Crippen molar-refractivity contribution in [2.75, 3.05) is 0 Å². The molecule has 2 aliphatic carbocycles. The van der Waals surface area contributed by atoms with E-state index in [1.165, 1.54) is 18.1 Å². The summed E-state index contributed by atoms with van der Waals surface area (Å²) in [4.78, 5) is 11.5. The molecule has 2 aliphatic rings. The van der Waals surface area contributed by atoms with Crippen LogP contribution in [0.1, 0.15) is 53.4 Å². The van der Waals surface area contributed by atoms with Gasteiger partial charge in [0, 0.05) is 18.8 Å². The fourth-order valence-corrected chi connectivity index (χ4v) is 4.64. The number of halogens is 1. The summed E-state index contributed by atoms with van der Waals surface area (Å²) >= 11 is 3.82. The molecule has 0 aliphatic heterocycles. The molecule has 0 aromatic carbocycles. The first-order valence-electron chi connectivity index (χ1n) is 7.36. The molecular weight excluding hydrogens is 316 g/mol. The third kappa shape index (κ3) is 2.38. The minimum Gasteiger partial charge on any atom is -0.461 e. The molecule has 0 aromatic rings. The highest BCUT2D eigenvalue weighted by atomic mass is 79.9. The fourth-order valence-electron chi connectivity index (χ4n) is 3.91. The Hall–Kier alpha value is -0.570. The number of allylic oxidation sites excluding steroid dienone is 2. The van der Waals surface area contributed by atoms with E-state index in [-0.39, 0.29) is 27.7 Å². The van der Waals surface area contributed by atoms with E-state index < -0.39 is 0 Å². The van der Waals surface area contributed by atoms with Crippen molar-refractivity contribution in [3.8, 4) is 0 Å². The van der Waals surface area contributed by atoms with Crippen LogP contribution in [-0.4, -0.2) is 16.9 Å². The van der Waals surface area contributed by atoms with Crippen LogP contribution in [-0.2, 0) is 9.53 Å². The summed E-state index contributed by atoms with van der Waals surface area (Å²) in [6.45, 7) is 12.6. The largest absolute Gasteiger partial charge is 0.461 e. The van der Waals surface area contributed by atoms with Crippen molar-refractivity contribution in [1.82, 2.24) is 0 Å². The maximum atomic E-state index is 11.3. The van der Waals surface area contributed by atoms with Crippen LogP contribution in [0.25, 0.3) is 0 Å². The molecule has 0 bridgehead atoms. The molecule has 3 heteroatoms. The van der Waals surface area contributed by atoms with Crippen LogP contribution < -0.4 is 0 Å². The molecule has 0 N–H and O–H groups in total. The van der Waals surface area contributed by atoms with E-state index in [2.05, 4.69) is 49.4 Å². The number of carbonyl (C=O) groups excluding carboxylic acids is 1. The standard InChI is InChI=1S/C17H25BrO2/c1-11-6-8-17(9-7-11)12(2)10-14(20-13(3)19)15(18)16(17,4)5/h6,14-15H,2,7-10H2,1,3-5H3/t14-,15+,17+/m0/s1. The zero-order valence-corrected chi connectivity index (χ0v) is 14.5. The van der Waals surface area contributed by atoms with Crippen molar-refractivity contribution < 1.29 is 9.53 Å². The minimum atomic E-state index is -0.210. The van der Waals surface area contributed by atoms with Gasteiger partial charge in [-0.05, 0) is 31.6 Å². The predicted molar refractivity (Wildman–Crippen MR) is 85.8 cm³/mol. The molecule has 2 rings (SSSR count). The fraction of sp³-hybridized carbons (Fsp3) is 0.706. The highest BCUT2D eigenvalue weighted by molar-refractivity contribution is 9.09. The summed E-state index contributed by atoms with van der Waals surface area (Å²) in [6.07, 6.45) is 6.37. The van der Waals surface area contributed by atoms with Gasteiger partial charge < -0.3 is 4.74 Å². The average molecular weight is 341 g/mol. The van der Waals surface area contributed by atoms with E-state index in [4.69, 9.17) is 4.74 Å². The van der Waals surface area contributed by atoms with E-state index >= 15 is 0 Å².